The topological polar surface area (TPSA) is 64.1 Å². The van der Waals surface area contributed by atoms with Gasteiger partial charge in [0.15, 0.2) is 0 Å². The molecule has 1 N–H and O–H groups in total. The Hall–Kier alpha value is -1.36. The third-order valence-corrected chi connectivity index (χ3v) is 3.97. The molecule has 23 heavy (non-hydrogen) atoms. The zero-order valence-corrected chi connectivity index (χ0v) is 15.0. The van der Waals surface area contributed by atoms with E-state index in [0.717, 1.165) is 38.7 Å². The van der Waals surface area contributed by atoms with Crippen LogP contribution in [-0.4, -0.2) is 22.3 Å². The highest BCUT2D eigenvalue weighted by Gasteiger charge is 2.15. The second-order valence-corrected chi connectivity index (χ2v) is 7.00. The van der Waals surface area contributed by atoms with Crippen LogP contribution in [0.25, 0.3) is 0 Å². The number of unbranched alkanes of at least 4 members (excludes halogenated alkanes) is 3. The summed E-state index contributed by atoms with van der Waals surface area (Å²) in [5, 5.41) is 0. The zero-order valence-electron chi connectivity index (χ0n) is 15.0. The molecule has 0 fully saturated rings. The standard InChI is InChI=1S/C18H32N2O3/c1-14(2)13-16(15(3)4)23-12-8-6-5-7-10-20-11-9-17(21)19-18(20)22/h9,11,14-16H,5-8,10,12-13H2,1-4H3,(H,19,21,22). The number of nitrogens with one attached hydrogen (secondary N) is 1. The van der Waals surface area contributed by atoms with Crippen molar-refractivity contribution >= 4 is 0 Å². The van der Waals surface area contributed by atoms with E-state index >= 15 is 0 Å². The molecular formula is C18H32N2O3. The van der Waals surface area contributed by atoms with Gasteiger partial charge < -0.3 is 9.30 Å². The van der Waals surface area contributed by atoms with Crippen molar-refractivity contribution in [1.82, 2.24) is 9.55 Å². The molecule has 132 valence electrons. The van der Waals surface area contributed by atoms with Crippen LogP contribution in [0.4, 0.5) is 0 Å². The number of nitrogens with zero attached hydrogens (tertiary/aromatic N) is 1. The predicted octanol–water partition coefficient (Wildman–Crippen LogP) is 3.18. The second-order valence-electron chi connectivity index (χ2n) is 7.00. The van der Waals surface area contributed by atoms with Crippen molar-refractivity contribution in [2.75, 3.05) is 6.61 Å². The highest BCUT2D eigenvalue weighted by molar-refractivity contribution is 4.82. The summed E-state index contributed by atoms with van der Waals surface area (Å²) in [6.07, 6.45) is 7.19. The lowest BCUT2D eigenvalue weighted by Crippen LogP contribution is -2.28. The van der Waals surface area contributed by atoms with Crippen molar-refractivity contribution in [3.63, 3.8) is 0 Å². The van der Waals surface area contributed by atoms with Crippen LogP contribution in [0.15, 0.2) is 21.9 Å². The summed E-state index contributed by atoms with van der Waals surface area (Å²) in [4.78, 5) is 24.8. The van der Waals surface area contributed by atoms with Crippen LogP contribution in [-0.2, 0) is 11.3 Å². The van der Waals surface area contributed by atoms with E-state index < -0.39 is 0 Å². The average Bonchev–Trinajstić information content (AvgIpc) is 2.46. The Balaban J connectivity index is 2.15. The summed E-state index contributed by atoms with van der Waals surface area (Å²) >= 11 is 0. The maximum atomic E-state index is 11.5. The number of H-pyrrole nitrogens is 1. The van der Waals surface area contributed by atoms with Crippen molar-refractivity contribution in [1.29, 1.82) is 0 Å². The maximum Gasteiger partial charge on any atom is 0.328 e. The number of rotatable bonds is 11. The van der Waals surface area contributed by atoms with Crippen LogP contribution >= 0.6 is 0 Å². The third-order valence-electron chi connectivity index (χ3n) is 3.97. The van der Waals surface area contributed by atoms with Gasteiger partial charge in [-0.1, -0.05) is 40.5 Å². The van der Waals surface area contributed by atoms with Crippen molar-refractivity contribution in [3.05, 3.63) is 33.1 Å². The molecule has 0 aliphatic rings. The fourth-order valence-electron chi connectivity index (χ4n) is 2.59. The Labute approximate surface area is 139 Å². The first-order valence-electron chi connectivity index (χ1n) is 8.81. The lowest BCUT2D eigenvalue weighted by atomic mass is 9.97. The van der Waals surface area contributed by atoms with Gasteiger partial charge in [0, 0.05) is 25.4 Å². The number of hydrogen-bond donors (Lipinski definition) is 1. The molecule has 5 nitrogen and oxygen atoms in total. The van der Waals surface area contributed by atoms with Crippen molar-refractivity contribution in [3.8, 4) is 0 Å². The minimum Gasteiger partial charge on any atom is -0.378 e. The minimum absolute atomic E-state index is 0.325. The molecule has 1 heterocycles. The van der Waals surface area contributed by atoms with Gasteiger partial charge in [0.1, 0.15) is 0 Å². The van der Waals surface area contributed by atoms with Gasteiger partial charge in [-0.05, 0) is 31.1 Å². The van der Waals surface area contributed by atoms with Gasteiger partial charge in [0.25, 0.3) is 5.56 Å². The lowest BCUT2D eigenvalue weighted by molar-refractivity contribution is 0.00710. The van der Waals surface area contributed by atoms with Crippen LogP contribution < -0.4 is 11.2 Å². The SMILES string of the molecule is CC(C)CC(OCCCCCCn1ccc(=O)[nH]c1=O)C(C)C. The van der Waals surface area contributed by atoms with Gasteiger partial charge in [-0.2, -0.15) is 0 Å². The molecule has 0 saturated carbocycles. The van der Waals surface area contributed by atoms with E-state index in [9.17, 15) is 9.59 Å². The van der Waals surface area contributed by atoms with E-state index in [1.807, 2.05) is 0 Å². The van der Waals surface area contributed by atoms with Crippen molar-refractivity contribution in [2.45, 2.75) is 72.4 Å². The Morgan fingerprint density at radius 1 is 1.09 bits per heavy atom. The molecular weight excluding hydrogens is 292 g/mol. The molecule has 0 spiro atoms. The summed E-state index contributed by atoms with van der Waals surface area (Å²) in [5.74, 6) is 1.22. The van der Waals surface area contributed by atoms with E-state index in [-0.39, 0.29) is 11.2 Å². The Morgan fingerprint density at radius 3 is 2.39 bits per heavy atom. The number of aromatic nitrogens is 2. The summed E-state index contributed by atoms with van der Waals surface area (Å²) in [6, 6.07) is 1.38. The minimum atomic E-state index is -0.343. The smallest absolute Gasteiger partial charge is 0.328 e. The molecule has 0 bridgehead atoms. The first kappa shape index (κ1) is 19.7. The predicted molar refractivity (Wildman–Crippen MR) is 93.8 cm³/mol. The molecule has 0 saturated heterocycles. The monoisotopic (exact) mass is 324 g/mol. The van der Waals surface area contributed by atoms with Gasteiger partial charge in [0.05, 0.1) is 6.10 Å². The second kappa shape index (κ2) is 10.4. The van der Waals surface area contributed by atoms with Crippen LogP contribution in [0, 0.1) is 11.8 Å². The summed E-state index contributed by atoms with van der Waals surface area (Å²) in [6.45, 7) is 10.4. The van der Waals surface area contributed by atoms with Gasteiger partial charge >= 0.3 is 5.69 Å². The Bertz CT molecular complexity index is 546. The molecule has 1 rings (SSSR count). The first-order valence-corrected chi connectivity index (χ1v) is 8.81. The van der Waals surface area contributed by atoms with Crippen molar-refractivity contribution in [2.24, 2.45) is 11.8 Å². The van der Waals surface area contributed by atoms with Crippen LogP contribution in [0.2, 0.25) is 0 Å². The van der Waals surface area contributed by atoms with Gasteiger partial charge in [-0.25, -0.2) is 4.79 Å². The molecule has 1 unspecified atom stereocenters. The number of ether oxygens (including phenoxy) is 1. The maximum absolute atomic E-state index is 11.5. The Kier molecular flexibility index (Phi) is 8.92. The van der Waals surface area contributed by atoms with Crippen LogP contribution in [0.3, 0.4) is 0 Å². The van der Waals surface area contributed by atoms with Crippen LogP contribution in [0.5, 0.6) is 0 Å². The van der Waals surface area contributed by atoms with E-state index in [4.69, 9.17) is 4.74 Å². The number of aromatic amines is 1. The first-order chi connectivity index (χ1) is 10.9. The van der Waals surface area contributed by atoms with Gasteiger partial charge in [0.2, 0.25) is 0 Å². The zero-order chi connectivity index (χ0) is 17.2. The molecule has 1 aromatic heterocycles. The normalized spacial score (nSPS) is 13.0. The molecule has 0 radical (unpaired) electrons. The highest BCUT2D eigenvalue weighted by atomic mass is 16.5. The molecule has 0 aliphatic heterocycles. The highest BCUT2D eigenvalue weighted by Crippen LogP contribution is 2.17. The Morgan fingerprint density at radius 2 is 1.78 bits per heavy atom. The van der Waals surface area contributed by atoms with E-state index in [1.54, 1.807) is 10.8 Å². The summed E-state index contributed by atoms with van der Waals surface area (Å²) in [5.41, 5.74) is -0.668. The molecule has 0 amide bonds. The van der Waals surface area contributed by atoms with Gasteiger partial charge in [-0.15, -0.1) is 0 Å². The van der Waals surface area contributed by atoms with Gasteiger partial charge in [-0.3, -0.25) is 9.78 Å². The quantitative estimate of drug-likeness (QED) is 0.636. The average molecular weight is 324 g/mol. The van der Waals surface area contributed by atoms with E-state index in [2.05, 4.69) is 32.7 Å². The van der Waals surface area contributed by atoms with E-state index in [0.29, 0.717) is 24.5 Å². The molecule has 1 aromatic rings. The fraction of sp³-hybridized carbons (Fsp3) is 0.778. The number of aryl methyl sites for hydroxylation is 1. The lowest BCUT2D eigenvalue weighted by Gasteiger charge is -2.23. The third kappa shape index (κ3) is 8.16. The molecule has 1 atom stereocenters. The van der Waals surface area contributed by atoms with Crippen LogP contribution in [0.1, 0.15) is 59.8 Å². The fourth-order valence-corrected chi connectivity index (χ4v) is 2.59. The largest absolute Gasteiger partial charge is 0.378 e. The molecule has 5 heteroatoms. The number of hydrogen-bond acceptors (Lipinski definition) is 3. The summed E-state index contributed by atoms with van der Waals surface area (Å²) in [7, 11) is 0. The molecule has 0 aliphatic carbocycles. The van der Waals surface area contributed by atoms with Crippen molar-refractivity contribution < 1.29 is 4.74 Å². The summed E-state index contributed by atoms with van der Waals surface area (Å²) < 4.78 is 7.57. The van der Waals surface area contributed by atoms with E-state index in [1.165, 1.54) is 6.07 Å². The molecule has 0 aromatic carbocycles.